The molecule has 0 spiro atoms. The SMILES string of the molecule is c1ccc(-c2ccc(-c3ccc(N(c4ccccc4-c4cccc5cccc(-c6ccccc6)c45)c4cccc5c4oc4ccccc45)cc3)cc2-c2ccccc2)cc1. The average Bonchev–Trinajstić information content (AvgIpc) is 3.72. The van der Waals surface area contributed by atoms with Gasteiger partial charge in [0.15, 0.2) is 5.58 Å². The first-order valence-corrected chi connectivity index (χ1v) is 20.5. The van der Waals surface area contributed by atoms with Gasteiger partial charge >= 0.3 is 0 Å². The number of hydrogen-bond donors (Lipinski definition) is 0. The summed E-state index contributed by atoms with van der Waals surface area (Å²) in [5.74, 6) is 0. The fourth-order valence-corrected chi connectivity index (χ4v) is 8.89. The summed E-state index contributed by atoms with van der Waals surface area (Å²) in [5, 5.41) is 4.62. The van der Waals surface area contributed by atoms with Gasteiger partial charge in [-0.2, -0.15) is 0 Å². The molecule has 2 nitrogen and oxygen atoms in total. The van der Waals surface area contributed by atoms with Crippen molar-refractivity contribution in [1.29, 1.82) is 0 Å². The van der Waals surface area contributed by atoms with Gasteiger partial charge in [-0.05, 0) is 97.2 Å². The molecule has 1 heterocycles. The molecular weight excluding hydrogens is 727 g/mol. The molecule has 0 saturated heterocycles. The third-order valence-corrected chi connectivity index (χ3v) is 11.7. The van der Waals surface area contributed by atoms with E-state index in [0.29, 0.717) is 0 Å². The van der Waals surface area contributed by atoms with E-state index >= 15 is 0 Å². The van der Waals surface area contributed by atoms with Crippen molar-refractivity contribution in [2.24, 2.45) is 0 Å². The Balaban J connectivity index is 1.10. The lowest BCUT2D eigenvalue weighted by Gasteiger charge is -2.28. The summed E-state index contributed by atoms with van der Waals surface area (Å²) < 4.78 is 6.75. The van der Waals surface area contributed by atoms with Crippen LogP contribution in [-0.4, -0.2) is 0 Å². The Kier molecular flexibility index (Phi) is 8.87. The van der Waals surface area contributed by atoms with E-state index in [2.05, 4.69) is 235 Å². The van der Waals surface area contributed by atoms with Gasteiger partial charge in [0.1, 0.15) is 5.58 Å². The minimum Gasteiger partial charge on any atom is -0.454 e. The van der Waals surface area contributed by atoms with Crippen molar-refractivity contribution < 1.29 is 4.42 Å². The number of rotatable bonds is 8. The highest BCUT2D eigenvalue weighted by Crippen LogP contribution is 2.48. The molecule has 1 aromatic heterocycles. The number of furan rings is 1. The Bertz CT molecular complexity index is 3290. The molecule has 282 valence electrons. The van der Waals surface area contributed by atoms with Crippen molar-refractivity contribution >= 4 is 49.8 Å². The first kappa shape index (κ1) is 35.2. The quantitative estimate of drug-likeness (QED) is 0.153. The van der Waals surface area contributed by atoms with Gasteiger partial charge in [0, 0.05) is 22.0 Å². The highest BCUT2D eigenvalue weighted by Gasteiger charge is 2.23. The van der Waals surface area contributed by atoms with E-state index in [9.17, 15) is 0 Å². The molecule has 2 heteroatoms. The maximum atomic E-state index is 6.75. The summed E-state index contributed by atoms with van der Waals surface area (Å²) in [7, 11) is 0. The third kappa shape index (κ3) is 6.23. The smallest absolute Gasteiger partial charge is 0.159 e. The number of fused-ring (bicyclic) bond motifs is 4. The molecule has 0 radical (unpaired) electrons. The Morgan fingerprint density at radius 3 is 1.57 bits per heavy atom. The average molecular weight is 766 g/mol. The zero-order valence-corrected chi connectivity index (χ0v) is 32.9. The summed E-state index contributed by atoms with van der Waals surface area (Å²) in [6, 6.07) is 84.8. The molecule has 0 unspecified atom stereocenters. The van der Waals surface area contributed by atoms with Crippen LogP contribution in [0.15, 0.2) is 241 Å². The van der Waals surface area contributed by atoms with Crippen molar-refractivity contribution in [2.45, 2.75) is 0 Å². The van der Waals surface area contributed by atoms with Crippen LogP contribution in [0.25, 0.3) is 88.3 Å². The van der Waals surface area contributed by atoms with Gasteiger partial charge in [-0.15, -0.1) is 0 Å². The number of hydrogen-bond acceptors (Lipinski definition) is 2. The molecule has 11 aromatic rings. The Morgan fingerprint density at radius 1 is 0.300 bits per heavy atom. The predicted molar refractivity (Wildman–Crippen MR) is 253 cm³/mol. The van der Waals surface area contributed by atoms with Crippen LogP contribution in [-0.2, 0) is 0 Å². The molecular formula is C58H39NO. The summed E-state index contributed by atoms with van der Waals surface area (Å²) in [6.45, 7) is 0. The van der Waals surface area contributed by atoms with Crippen molar-refractivity contribution in [3.63, 3.8) is 0 Å². The lowest BCUT2D eigenvalue weighted by molar-refractivity contribution is 0.669. The van der Waals surface area contributed by atoms with Gasteiger partial charge in [-0.1, -0.05) is 200 Å². The molecule has 0 fully saturated rings. The van der Waals surface area contributed by atoms with Crippen LogP contribution >= 0.6 is 0 Å². The monoisotopic (exact) mass is 765 g/mol. The minimum absolute atomic E-state index is 0.851. The van der Waals surface area contributed by atoms with Crippen LogP contribution < -0.4 is 4.90 Å². The number of benzene rings is 10. The zero-order valence-electron chi connectivity index (χ0n) is 32.9. The number of para-hydroxylation sites is 3. The topological polar surface area (TPSA) is 16.4 Å². The normalized spacial score (nSPS) is 11.3. The first-order chi connectivity index (χ1) is 29.8. The summed E-state index contributed by atoms with van der Waals surface area (Å²) in [5.41, 5.74) is 16.6. The van der Waals surface area contributed by atoms with E-state index in [-0.39, 0.29) is 0 Å². The van der Waals surface area contributed by atoms with Gasteiger partial charge in [0.05, 0.1) is 11.4 Å². The maximum Gasteiger partial charge on any atom is 0.159 e. The molecule has 10 aromatic carbocycles. The van der Waals surface area contributed by atoms with Gasteiger partial charge in [-0.3, -0.25) is 0 Å². The zero-order chi connectivity index (χ0) is 39.8. The van der Waals surface area contributed by atoms with Crippen LogP contribution in [0.3, 0.4) is 0 Å². The van der Waals surface area contributed by atoms with E-state index in [1.807, 2.05) is 6.07 Å². The fourth-order valence-electron chi connectivity index (χ4n) is 8.89. The van der Waals surface area contributed by atoms with Crippen LogP contribution in [0.5, 0.6) is 0 Å². The Hall–Kier alpha value is -7.94. The third-order valence-electron chi connectivity index (χ3n) is 11.7. The van der Waals surface area contributed by atoms with E-state index in [1.54, 1.807) is 0 Å². The predicted octanol–water partition coefficient (Wildman–Crippen LogP) is 16.5. The molecule has 0 N–H and O–H groups in total. The van der Waals surface area contributed by atoms with Gasteiger partial charge in [-0.25, -0.2) is 0 Å². The highest BCUT2D eigenvalue weighted by molar-refractivity contribution is 6.12. The summed E-state index contributed by atoms with van der Waals surface area (Å²) >= 11 is 0. The number of anilines is 3. The standard InChI is InChI=1S/C58H39NO/c1-4-17-41(18-5-1)47-38-35-45(39-53(47)43-21-8-3-9-22-43)40-33-36-46(37-34-40)59(55-31-16-29-52-50-26-11-13-32-56(50)60-58(52)55)54-30-12-10-25-49(54)51-28-15-24-44-23-14-27-48(57(44)51)42-19-6-2-7-20-42/h1-39H. The van der Waals surface area contributed by atoms with Gasteiger partial charge < -0.3 is 9.32 Å². The highest BCUT2D eigenvalue weighted by atomic mass is 16.3. The Morgan fingerprint density at radius 2 is 0.833 bits per heavy atom. The number of nitrogens with zero attached hydrogens (tertiary/aromatic N) is 1. The molecule has 0 atom stereocenters. The molecule has 0 aliphatic heterocycles. The van der Waals surface area contributed by atoms with E-state index in [4.69, 9.17) is 4.42 Å². The van der Waals surface area contributed by atoms with Crippen LogP contribution in [0.2, 0.25) is 0 Å². The van der Waals surface area contributed by atoms with Gasteiger partial charge in [0.25, 0.3) is 0 Å². The van der Waals surface area contributed by atoms with Crippen molar-refractivity contribution in [1.82, 2.24) is 0 Å². The van der Waals surface area contributed by atoms with Crippen LogP contribution in [0, 0.1) is 0 Å². The molecule has 0 saturated carbocycles. The van der Waals surface area contributed by atoms with E-state index in [1.165, 1.54) is 49.7 Å². The molecule has 60 heavy (non-hydrogen) atoms. The second-order valence-corrected chi connectivity index (χ2v) is 15.2. The fraction of sp³-hybridized carbons (Fsp3) is 0. The van der Waals surface area contributed by atoms with Gasteiger partial charge in [0.2, 0.25) is 0 Å². The van der Waals surface area contributed by atoms with Crippen LogP contribution in [0.4, 0.5) is 17.1 Å². The largest absolute Gasteiger partial charge is 0.454 e. The van der Waals surface area contributed by atoms with E-state index in [0.717, 1.165) is 55.7 Å². The molecule has 0 bridgehead atoms. The van der Waals surface area contributed by atoms with Crippen molar-refractivity contribution in [2.75, 3.05) is 4.90 Å². The molecule has 11 rings (SSSR count). The summed E-state index contributed by atoms with van der Waals surface area (Å²) in [6.07, 6.45) is 0. The molecule has 0 amide bonds. The van der Waals surface area contributed by atoms with Crippen molar-refractivity contribution in [3.05, 3.63) is 237 Å². The van der Waals surface area contributed by atoms with E-state index < -0.39 is 0 Å². The lowest BCUT2D eigenvalue weighted by Crippen LogP contribution is -2.11. The molecule has 0 aliphatic carbocycles. The lowest BCUT2D eigenvalue weighted by atomic mass is 9.90. The minimum atomic E-state index is 0.851. The second kappa shape index (κ2) is 15.1. The second-order valence-electron chi connectivity index (χ2n) is 15.2. The van der Waals surface area contributed by atoms with Crippen LogP contribution in [0.1, 0.15) is 0 Å². The molecule has 0 aliphatic rings. The summed E-state index contributed by atoms with van der Waals surface area (Å²) in [4.78, 5) is 2.38. The van der Waals surface area contributed by atoms with Crippen molar-refractivity contribution in [3.8, 4) is 55.6 Å². The maximum absolute atomic E-state index is 6.75. The first-order valence-electron chi connectivity index (χ1n) is 20.5. The Labute approximate surface area is 349 Å².